The molecule has 0 aliphatic heterocycles. The van der Waals surface area contributed by atoms with Crippen molar-refractivity contribution in [2.75, 3.05) is 5.32 Å². The van der Waals surface area contributed by atoms with E-state index >= 15 is 0 Å². The second-order valence-electron chi connectivity index (χ2n) is 5.06. The number of nitrogens with zero attached hydrogens (tertiary/aromatic N) is 4. The quantitative estimate of drug-likeness (QED) is 0.746. The van der Waals surface area contributed by atoms with Gasteiger partial charge in [0.1, 0.15) is 0 Å². The highest BCUT2D eigenvalue weighted by Crippen LogP contribution is 2.13. The molecule has 0 saturated carbocycles. The van der Waals surface area contributed by atoms with Gasteiger partial charge in [0, 0.05) is 23.4 Å². The summed E-state index contributed by atoms with van der Waals surface area (Å²) in [6.07, 6.45) is 5.22. The molecule has 0 unspecified atom stereocenters. The van der Waals surface area contributed by atoms with Crippen LogP contribution < -0.4 is 5.32 Å². The van der Waals surface area contributed by atoms with E-state index in [0.717, 1.165) is 16.6 Å². The minimum absolute atomic E-state index is 0.236. The van der Waals surface area contributed by atoms with Crippen LogP contribution in [0.15, 0.2) is 53.4 Å². The van der Waals surface area contributed by atoms with E-state index in [2.05, 4.69) is 31.4 Å². The maximum Gasteiger partial charge on any atom is 0.276 e. The Kier molecular flexibility index (Phi) is 4.57. The number of nitrogens with one attached hydrogen (secondary N) is 1. The van der Waals surface area contributed by atoms with Crippen LogP contribution in [-0.4, -0.2) is 25.5 Å². The number of aromatic nitrogens is 4. The zero-order valence-electron chi connectivity index (χ0n) is 12.6. The van der Waals surface area contributed by atoms with Crippen molar-refractivity contribution in [2.45, 2.75) is 20.0 Å². The number of carbonyl (C=O) groups is 1. The largest absolute Gasteiger partial charge is 0.318 e. The van der Waals surface area contributed by atoms with Crippen molar-refractivity contribution in [2.24, 2.45) is 0 Å². The number of benzene rings is 1. The van der Waals surface area contributed by atoms with Gasteiger partial charge >= 0.3 is 0 Å². The number of hydrogen-bond donors (Lipinski definition) is 1. The summed E-state index contributed by atoms with van der Waals surface area (Å²) in [5, 5.41) is 11.3. The summed E-state index contributed by atoms with van der Waals surface area (Å²) in [5.74, 6) is -0.236. The van der Waals surface area contributed by atoms with E-state index in [0.29, 0.717) is 17.9 Å². The SMILES string of the molecule is CCn1ccc(C(=O)Nc2cnn(Cc3ccc(Br)cc3)c2)n1. The summed E-state index contributed by atoms with van der Waals surface area (Å²) in [5.41, 5.74) is 2.18. The Morgan fingerprint density at radius 2 is 2.00 bits per heavy atom. The highest BCUT2D eigenvalue weighted by Gasteiger charge is 2.10. The van der Waals surface area contributed by atoms with Gasteiger partial charge in [-0.3, -0.25) is 14.2 Å². The molecule has 1 N–H and O–H groups in total. The Morgan fingerprint density at radius 1 is 1.22 bits per heavy atom. The van der Waals surface area contributed by atoms with Crippen molar-refractivity contribution in [3.63, 3.8) is 0 Å². The topological polar surface area (TPSA) is 64.7 Å². The van der Waals surface area contributed by atoms with E-state index in [9.17, 15) is 4.79 Å². The van der Waals surface area contributed by atoms with Crippen molar-refractivity contribution in [1.29, 1.82) is 0 Å². The van der Waals surface area contributed by atoms with Gasteiger partial charge in [0.2, 0.25) is 0 Å². The molecule has 118 valence electrons. The van der Waals surface area contributed by atoms with E-state index in [4.69, 9.17) is 0 Å². The minimum atomic E-state index is -0.236. The fourth-order valence-electron chi connectivity index (χ4n) is 2.15. The van der Waals surface area contributed by atoms with Crippen LogP contribution in [0.4, 0.5) is 5.69 Å². The molecule has 2 aromatic heterocycles. The number of amides is 1. The molecule has 6 nitrogen and oxygen atoms in total. The second kappa shape index (κ2) is 6.78. The number of rotatable bonds is 5. The molecule has 0 saturated heterocycles. The predicted molar refractivity (Wildman–Crippen MR) is 91.3 cm³/mol. The third-order valence-electron chi connectivity index (χ3n) is 3.35. The number of aryl methyl sites for hydroxylation is 1. The van der Waals surface area contributed by atoms with E-state index in [1.54, 1.807) is 34.0 Å². The molecule has 0 aliphatic carbocycles. The second-order valence-corrected chi connectivity index (χ2v) is 5.98. The normalized spacial score (nSPS) is 10.7. The van der Waals surface area contributed by atoms with Crippen LogP contribution in [-0.2, 0) is 13.1 Å². The molecule has 7 heteroatoms. The summed E-state index contributed by atoms with van der Waals surface area (Å²) in [6, 6.07) is 9.74. The first-order valence-corrected chi connectivity index (χ1v) is 8.05. The lowest BCUT2D eigenvalue weighted by molar-refractivity contribution is 0.102. The minimum Gasteiger partial charge on any atom is -0.318 e. The molecule has 1 aromatic carbocycles. The van der Waals surface area contributed by atoms with Crippen LogP contribution in [0.3, 0.4) is 0 Å². The van der Waals surface area contributed by atoms with Crippen LogP contribution in [0.2, 0.25) is 0 Å². The van der Waals surface area contributed by atoms with Gasteiger partial charge in [-0.05, 0) is 30.7 Å². The van der Waals surface area contributed by atoms with Crippen LogP contribution in [0.5, 0.6) is 0 Å². The average Bonchev–Trinajstić information content (AvgIpc) is 3.19. The number of halogens is 1. The van der Waals surface area contributed by atoms with Gasteiger partial charge in [-0.1, -0.05) is 28.1 Å². The summed E-state index contributed by atoms with van der Waals surface area (Å²) in [6.45, 7) is 3.35. The van der Waals surface area contributed by atoms with E-state index in [1.165, 1.54) is 0 Å². The summed E-state index contributed by atoms with van der Waals surface area (Å²) < 4.78 is 4.54. The fourth-order valence-corrected chi connectivity index (χ4v) is 2.41. The molecule has 0 aliphatic rings. The standard InChI is InChI=1S/C16H16BrN5O/c1-2-21-8-7-15(20-21)16(23)19-14-9-18-22(11-14)10-12-3-5-13(17)6-4-12/h3-9,11H,2,10H2,1H3,(H,19,23). The van der Waals surface area contributed by atoms with E-state index < -0.39 is 0 Å². The summed E-state index contributed by atoms with van der Waals surface area (Å²) in [4.78, 5) is 12.1. The lowest BCUT2D eigenvalue weighted by atomic mass is 10.2. The molecular weight excluding hydrogens is 358 g/mol. The van der Waals surface area contributed by atoms with Gasteiger partial charge in [0.05, 0.1) is 18.4 Å². The van der Waals surface area contributed by atoms with Crippen molar-refractivity contribution in [3.05, 3.63) is 64.7 Å². The molecule has 2 heterocycles. The molecule has 3 aromatic rings. The highest BCUT2D eigenvalue weighted by molar-refractivity contribution is 9.10. The van der Waals surface area contributed by atoms with Crippen molar-refractivity contribution in [1.82, 2.24) is 19.6 Å². The van der Waals surface area contributed by atoms with E-state index in [1.807, 2.05) is 31.2 Å². The predicted octanol–water partition coefficient (Wildman–Crippen LogP) is 3.16. The Balaban J connectivity index is 1.64. The summed E-state index contributed by atoms with van der Waals surface area (Å²) >= 11 is 3.41. The third-order valence-corrected chi connectivity index (χ3v) is 3.87. The van der Waals surface area contributed by atoms with Gasteiger partial charge < -0.3 is 5.32 Å². The first-order chi connectivity index (χ1) is 11.1. The van der Waals surface area contributed by atoms with Crippen LogP contribution in [0.25, 0.3) is 0 Å². The van der Waals surface area contributed by atoms with Gasteiger partial charge in [0.25, 0.3) is 5.91 Å². The maximum atomic E-state index is 12.1. The molecule has 1 amide bonds. The van der Waals surface area contributed by atoms with Crippen LogP contribution in [0.1, 0.15) is 23.0 Å². The van der Waals surface area contributed by atoms with Gasteiger partial charge in [-0.2, -0.15) is 10.2 Å². The maximum absolute atomic E-state index is 12.1. The lowest BCUT2D eigenvalue weighted by Gasteiger charge is -2.02. The average molecular weight is 374 g/mol. The molecule has 23 heavy (non-hydrogen) atoms. The monoisotopic (exact) mass is 373 g/mol. The first-order valence-electron chi connectivity index (χ1n) is 7.26. The van der Waals surface area contributed by atoms with Crippen molar-refractivity contribution >= 4 is 27.5 Å². The molecule has 0 atom stereocenters. The zero-order chi connectivity index (χ0) is 16.2. The Labute approximate surface area is 142 Å². The Hall–Kier alpha value is -2.41. The molecular formula is C16H16BrN5O. The third kappa shape index (κ3) is 3.87. The Morgan fingerprint density at radius 3 is 2.70 bits per heavy atom. The number of hydrogen-bond acceptors (Lipinski definition) is 3. The number of anilines is 1. The van der Waals surface area contributed by atoms with Gasteiger partial charge in [0.15, 0.2) is 5.69 Å². The van der Waals surface area contributed by atoms with Gasteiger partial charge in [-0.15, -0.1) is 0 Å². The zero-order valence-corrected chi connectivity index (χ0v) is 14.2. The van der Waals surface area contributed by atoms with Gasteiger partial charge in [-0.25, -0.2) is 0 Å². The summed E-state index contributed by atoms with van der Waals surface area (Å²) in [7, 11) is 0. The highest BCUT2D eigenvalue weighted by atomic mass is 79.9. The first kappa shape index (κ1) is 15.5. The fraction of sp³-hybridized carbons (Fsp3) is 0.188. The molecule has 3 rings (SSSR count). The molecule has 0 fully saturated rings. The van der Waals surface area contributed by atoms with E-state index in [-0.39, 0.29) is 5.91 Å². The van der Waals surface area contributed by atoms with Crippen molar-refractivity contribution < 1.29 is 4.79 Å². The van der Waals surface area contributed by atoms with Crippen molar-refractivity contribution in [3.8, 4) is 0 Å². The molecule has 0 radical (unpaired) electrons. The lowest BCUT2D eigenvalue weighted by Crippen LogP contribution is -2.13. The number of carbonyl (C=O) groups excluding carboxylic acids is 1. The smallest absolute Gasteiger partial charge is 0.276 e. The Bertz CT molecular complexity index is 806. The molecule has 0 bridgehead atoms. The molecule has 0 spiro atoms. The van der Waals surface area contributed by atoms with Crippen LogP contribution in [0, 0.1) is 0 Å². The van der Waals surface area contributed by atoms with Crippen LogP contribution >= 0.6 is 15.9 Å².